The Kier molecular flexibility index (Phi) is 7.05. The number of H-pyrrole nitrogens is 1. The number of aromatic amines is 1. The fraction of sp³-hybridized carbons (Fsp3) is 0.294. The third-order valence-corrected chi connectivity index (χ3v) is 6.43. The van der Waals surface area contributed by atoms with Gasteiger partial charge >= 0.3 is 0 Å². The monoisotopic (exact) mass is 453 g/mol. The summed E-state index contributed by atoms with van der Waals surface area (Å²) in [4.78, 5) is 33.5. The van der Waals surface area contributed by atoms with Crippen molar-refractivity contribution in [2.45, 2.75) is 25.6 Å². The minimum absolute atomic E-state index is 0.151. The van der Waals surface area contributed by atoms with Gasteiger partial charge in [-0.15, -0.1) is 34.4 Å². The molecule has 0 radical (unpaired) electrons. The van der Waals surface area contributed by atoms with Crippen molar-refractivity contribution in [2.75, 3.05) is 5.75 Å². The highest BCUT2D eigenvalue weighted by Crippen LogP contribution is 2.33. The number of nitrogens with one attached hydrogen (secondary N) is 4. The molecule has 0 spiro atoms. The van der Waals surface area contributed by atoms with Gasteiger partial charge in [0.25, 0.3) is 5.56 Å². The van der Waals surface area contributed by atoms with E-state index in [1.54, 1.807) is 11.3 Å². The number of thiophene rings is 2. The van der Waals surface area contributed by atoms with Crippen molar-refractivity contribution in [3.63, 3.8) is 0 Å². The van der Waals surface area contributed by atoms with Crippen molar-refractivity contribution >= 4 is 67.9 Å². The maximum atomic E-state index is 12.5. The van der Waals surface area contributed by atoms with Gasteiger partial charge in [-0.05, 0) is 37.5 Å². The van der Waals surface area contributed by atoms with Crippen LogP contribution in [0, 0.1) is 0 Å². The first-order valence-electron chi connectivity index (χ1n) is 8.41. The van der Waals surface area contributed by atoms with Crippen LogP contribution < -0.4 is 21.7 Å². The molecule has 3 rings (SSSR count). The van der Waals surface area contributed by atoms with Crippen LogP contribution in [-0.4, -0.2) is 32.8 Å². The Morgan fingerprint density at radius 1 is 1.36 bits per heavy atom. The van der Waals surface area contributed by atoms with Crippen molar-refractivity contribution < 1.29 is 4.79 Å². The second kappa shape index (κ2) is 9.50. The van der Waals surface area contributed by atoms with Crippen molar-refractivity contribution in [3.8, 4) is 10.4 Å². The van der Waals surface area contributed by atoms with E-state index in [1.165, 1.54) is 23.1 Å². The average Bonchev–Trinajstić information content (AvgIpc) is 3.28. The molecular weight excluding hydrogens is 434 g/mol. The summed E-state index contributed by atoms with van der Waals surface area (Å²) >= 11 is 9.44. The summed E-state index contributed by atoms with van der Waals surface area (Å²) in [5.74, 6) is 0.987. The zero-order valence-electron chi connectivity index (χ0n) is 15.2. The zero-order valence-corrected chi connectivity index (χ0v) is 18.5. The number of hydrogen-bond donors (Lipinski definition) is 4. The third kappa shape index (κ3) is 5.31. The lowest BCUT2D eigenvalue weighted by atomic mass is 10.2. The van der Waals surface area contributed by atoms with Gasteiger partial charge in [0.2, 0.25) is 5.91 Å². The molecule has 0 fully saturated rings. The van der Waals surface area contributed by atoms with Crippen LogP contribution in [0.4, 0.5) is 0 Å². The van der Waals surface area contributed by atoms with Crippen LogP contribution in [0.3, 0.4) is 0 Å². The number of thioether (sulfide) groups is 1. The Morgan fingerprint density at radius 2 is 2.18 bits per heavy atom. The first-order chi connectivity index (χ1) is 13.4. The van der Waals surface area contributed by atoms with Gasteiger partial charge in [0.05, 0.1) is 16.9 Å². The van der Waals surface area contributed by atoms with E-state index >= 15 is 0 Å². The van der Waals surface area contributed by atoms with Gasteiger partial charge in [-0.1, -0.05) is 6.07 Å². The number of nitrogens with zero attached hydrogens (tertiary/aromatic N) is 1. The van der Waals surface area contributed by atoms with Gasteiger partial charge in [-0.3, -0.25) is 20.4 Å². The van der Waals surface area contributed by atoms with E-state index in [0.717, 1.165) is 10.4 Å². The SMILES string of the molecule is CC(C)NC(=S)NNC(=O)CSCc1nc2scc(-c3cccs3)c2c(=O)[nH]1. The maximum Gasteiger partial charge on any atom is 0.260 e. The van der Waals surface area contributed by atoms with E-state index in [0.29, 0.717) is 26.9 Å². The van der Waals surface area contributed by atoms with E-state index < -0.39 is 0 Å². The summed E-state index contributed by atoms with van der Waals surface area (Å²) in [5.41, 5.74) is 5.94. The van der Waals surface area contributed by atoms with Crippen LogP contribution in [0.2, 0.25) is 0 Å². The molecule has 3 heterocycles. The second-order valence-corrected chi connectivity index (χ2v) is 9.31. The Balaban J connectivity index is 1.56. The average molecular weight is 454 g/mol. The number of thiocarbonyl (C=S) groups is 1. The van der Waals surface area contributed by atoms with E-state index in [4.69, 9.17) is 12.2 Å². The molecule has 0 aliphatic heterocycles. The van der Waals surface area contributed by atoms with Crippen molar-refractivity contribution in [1.82, 2.24) is 26.1 Å². The molecule has 0 unspecified atom stereocenters. The summed E-state index contributed by atoms with van der Waals surface area (Å²) in [5, 5.41) is 7.90. The second-order valence-electron chi connectivity index (χ2n) is 6.11. The summed E-state index contributed by atoms with van der Waals surface area (Å²) in [7, 11) is 0. The molecule has 3 aromatic heterocycles. The number of fused-ring (bicyclic) bond motifs is 1. The summed E-state index contributed by atoms with van der Waals surface area (Å²) in [6, 6.07) is 4.13. The topological polar surface area (TPSA) is 98.9 Å². The molecule has 4 N–H and O–H groups in total. The van der Waals surface area contributed by atoms with Crippen molar-refractivity contribution in [2.24, 2.45) is 0 Å². The number of hydrazine groups is 1. The largest absolute Gasteiger partial charge is 0.359 e. The van der Waals surface area contributed by atoms with Gasteiger partial charge in [0.15, 0.2) is 5.11 Å². The molecule has 148 valence electrons. The van der Waals surface area contributed by atoms with Crippen LogP contribution in [0.15, 0.2) is 27.7 Å². The molecule has 1 amide bonds. The Hall–Kier alpha value is -1.95. The first kappa shape index (κ1) is 20.8. The summed E-state index contributed by atoms with van der Waals surface area (Å²) in [6.45, 7) is 3.90. The zero-order chi connectivity index (χ0) is 20.1. The molecule has 11 heteroatoms. The highest BCUT2D eigenvalue weighted by Gasteiger charge is 2.14. The van der Waals surface area contributed by atoms with Gasteiger partial charge in [-0.25, -0.2) is 4.98 Å². The lowest BCUT2D eigenvalue weighted by molar-refractivity contribution is -0.119. The predicted octanol–water partition coefficient (Wildman–Crippen LogP) is 2.85. The van der Waals surface area contributed by atoms with Crippen LogP contribution in [0.25, 0.3) is 20.7 Å². The number of carbonyl (C=O) groups is 1. The summed E-state index contributed by atoms with van der Waals surface area (Å²) in [6.07, 6.45) is 0. The first-order valence-corrected chi connectivity index (χ1v) is 11.7. The molecule has 7 nitrogen and oxygen atoms in total. The summed E-state index contributed by atoms with van der Waals surface area (Å²) < 4.78 is 0. The van der Waals surface area contributed by atoms with E-state index in [2.05, 4.69) is 26.1 Å². The molecule has 0 saturated carbocycles. The van der Waals surface area contributed by atoms with Gasteiger partial charge in [0.1, 0.15) is 10.7 Å². The highest BCUT2D eigenvalue weighted by atomic mass is 32.2. The Labute approximate surface area is 179 Å². The fourth-order valence-electron chi connectivity index (χ4n) is 2.38. The smallest absolute Gasteiger partial charge is 0.260 e. The maximum absolute atomic E-state index is 12.5. The molecule has 0 aliphatic carbocycles. The van der Waals surface area contributed by atoms with E-state index in [9.17, 15) is 9.59 Å². The fourth-order valence-corrected chi connectivity index (χ4v) is 5.13. The lowest BCUT2D eigenvalue weighted by Gasteiger charge is -2.13. The van der Waals surface area contributed by atoms with E-state index in [-0.39, 0.29) is 23.3 Å². The molecular formula is C17H19N5O2S4. The minimum Gasteiger partial charge on any atom is -0.359 e. The van der Waals surface area contributed by atoms with E-state index in [1.807, 2.05) is 36.7 Å². The van der Waals surface area contributed by atoms with Crippen LogP contribution >= 0.6 is 46.7 Å². The standard InChI is InChI=1S/C17H19N5O2S4/c1-9(2)18-17(25)22-21-13(23)8-26-7-12-19-15(24)14-10(6-28-16(14)20-12)11-4-3-5-27-11/h3-6,9H,7-8H2,1-2H3,(H,21,23)(H2,18,22,25)(H,19,20,24). The lowest BCUT2D eigenvalue weighted by Crippen LogP contribution is -2.49. The highest BCUT2D eigenvalue weighted by molar-refractivity contribution is 7.99. The van der Waals surface area contributed by atoms with Crippen LogP contribution in [0.1, 0.15) is 19.7 Å². The molecule has 3 aromatic rings. The molecule has 0 aromatic carbocycles. The van der Waals surface area contributed by atoms with Gasteiger partial charge in [0, 0.05) is 21.9 Å². The number of amides is 1. The Morgan fingerprint density at radius 3 is 2.89 bits per heavy atom. The quantitative estimate of drug-likeness (QED) is 0.336. The van der Waals surface area contributed by atoms with Crippen LogP contribution in [-0.2, 0) is 10.5 Å². The molecule has 0 bridgehead atoms. The number of carbonyl (C=O) groups excluding carboxylic acids is 1. The van der Waals surface area contributed by atoms with Gasteiger partial charge < -0.3 is 10.3 Å². The molecule has 28 heavy (non-hydrogen) atoms. The van der Waals surface area contributed by atoms with Crippen molar-refractivity contribution in [1.29, 1.82) is 0 Å². The molecule has 0 aliphatic rings. The Bertz CT molecular complexity index is 1030. The number of rotatable bonds is 6. The van der Waals surface area contributed by atoms with Gasteiger partial charge in [-0.2, -0.15) is 0 Å². The minimum atomic E-state index is -0.211. The third-order valence-electron chi connectivity index (χ3n) is 3.49. The normalized spacial score (nSPS) is 11.0. The van der Waals surface area contributed by atoms with Crippen molar-refractivity contribution in [3.05, 3.63) is 39.1 Å². The molecule has 0 atom stereocenters. The molecule has 0 saturated heterocycles. The number of hydrogen-bond acceptors (Lipinski definition) is 7. The predicted molar refractivity (Wildman–Crippen MR) is 122 cm³/mol. The number of aromatic nitrogens is 2. The van der Waals surface area contributed by atoms with Crippen LogP contribution in [0.5, 0.6) is 0 Å².